The van der Waals surface area contributed by atoms with Gasteiger partial charge >= 0.3 is 12.5 Å². The summed E-state index contributed by atoms with van der Waals surface area (Å²) in [5.74, 6) is -7.22. The van der Waals surface area contributed by atoms with Crippen molar-refractivity contribution < 1.29 is 44.6 Å². The first-order valence-electron chi connectivity index (χ1n) is 9.47. The molecule has 10 heteroatoms. The highest BCUT2D eigenvalue weighted by molar-refractivity contribution is 5.35. The number of rotatable bonds is 5. The molecular formula is C21H18F8O2. The van der Waals surface area contributed by atoms with Crippen LogP contribution in [-0.4, -0.2) is 6.36 Å². The first kappa shape index (κ1) is 23.1. The minimum atomic E-state index is -5.43. The lowest BCUT2D eigenvalue weighted by molar-refractivity contribution is -0.276. The van der Waals surface area contributed by atoms with Gasteiger partial charge in [0.1, 0.15) is 0 Å². The minimum absolute atomic E-state index is 0.0698. The third-order valence-corrected chi connectivity index (χ3v) is 5.23. The molecule has 0 bridgehead atoms. The average molecular weight is 454 g/mol. The van der Waals surface area contributed by atoms with E-state index < -0.39 is 47.0 Å². The predicted octanol–water partition coefficient (Wildman–Crippen LogP) is 7.42. The standard InChI is InChI=1S/C21H18F8O2/c1-11-2-4-12(5-3-11)13-6-7-18(15(22)8-13)30-20(25,26)14-9-16(23)19(17(24)10-14)31-21(27,28)29/h6-12H,2-5H2,1H3. The van der Waals surface area contributed by atoms with Crippen molar-refractivity contribution in [3.05, 3.63) is 58.9 Å². The van der Waals surface area contributed by atoms with Crippen LogP contribution in [0.2, 0.25) is 0 Å². The van der Waals surface area contributed by atoms with Crippen LogP contribution in [0.4, 0.5) is 35.1 Å². The van der Waals surface area contributed by atoms with Gasteiger partial charge in [-0.1, -0.05) is 25.8 Å². The van der Waals surface area contributed by atoms with Crippen molar-refractivity contribution in [1.82, 2.24) is 0 Å². The van der Waals surface area contributed by atoms with Crippen LogP contribution in [0.3, 0.4) is 0 Å². The molecule has 2 aromatic carbocycles. The zero-order valence-corrected chi connectivity index (χ0v) is 16.2. The van der Waals surface area contributed by atoms with Crippen molar-refractivity contribution >= 4 is 0 Å². The Labute approximate surface area is 172 Å². The minimum Gasteiger partial charge on any atom is -0.426 e. The highest BCUT2D eigenvalue weighted by Crippen LogP contribution is 2.40. The van der Waals surface area contributed by atoms with Crippen LogP contribution in [0.1, 0.15) is 49.7 Å². The zero-order chi connectivity index (χ0) is 23.0. The number of alkyl halides is 5. The fourth-order valence-corrected chi connectivity index (χ4v) is 3.59. The lowest BCUT2D eigenvalue weighted by Crippen LogP contribution is -2.24. The van der Waals surface area contributed by atoms with E-state index in [2.05, 4.69) is 16.4 Å². The molecule has 0 unspecified atom stereocenters. The molecular weight excluding hydrogens is 436 g/mol. The van der Waals surface area contributed by atoms with Crippen molar-refractivity contribution in [2.45, 2.75) is 51.0 Å². The summed E-state index contributed by atoms with van der Waals surface area (Å²) in [7, 11) is 0. The number of halogens is 8. The second-order valence-corrected chi connectivity index (χ2v) is 7.58. The normalized spacial score (nSPS) is 19.9. The van der Waals surface area contributed by atoms with Crippen molar-refractivity contribution in [1.29, 1.82) is 0 Å². The number of hydrogen-bond donors (Lipinski definition) is 0. The van der Waals surface area contributed by atoms with Crippen molar-refractivity contribution in [2.24, 2.45) is 5.92 Å². The first-order chi connectivity index (χ1) is 14.4. The highest BCUT2D eigenvalue weighted by atomic mass is 19.4. The van der Waals surface area contributed by atoms with Gasteiger partial charge < -0.3 is 9.47 Å². The lowest BCUT2D eigenvalue weighted by Gasteiger charge is -2.27. The maximum atomic E-state index is 14.4. The second kappa shape index (κ2) is 8.55. The zero-order valence-electron chi connectivity index (χ0n) is 16.2. The summed E-state index contributed by atoms with van der Waals surface area (Å²) in [6.45, 7) is 2.11. The molecule has 0 amide bonds. The molecule has 3 rings (SSSR count). The molecule has 0 saturated heterocycles. The third kappa shape index (κ3) is 5.59. The van der Waals surface area contributed by atoms with Gasteiger partial charge in [0.15, 0.2) is 23.2 Å². The Morgan fingerprint density at radius 1 is 0.774 bits per heavy atom. The van der Waals surface area contributed by atoms with E-state index in [1.807, 2.05) is 0 Å². The van der Waals surface area contributed by atoms with Gasteiger partial charge in [0.2, 0.25) is 5.75 Å². The van der Waals surface area contributed by atoms with Crippen molar-refractivity contribution in [3.63, 3.8) is 0 Å². The topological polar surface area (TPSA) is 18.5 Å². The maximum absolute atomic E-state index is 14.4. The molecule has 0 heterocycles. The molecule has 2 aromatic rings. The summed E-state index contributed by atoms with van der Waals surface area (Å²) in [6.07, 6.45) is -6.25. The van der Waals surface area contributed by atoms with Crippen LogP contribution >= 0.6 is 0 Å². The molecule has 0 spiro atoms. The van der Waals surface area contributed by atoms with Crippen LogP contribution in [0.25, 0.3) is 0 Å². The average Bonchev–Trinajstić information content (AvgIpc) is 2.66. The van der Waals surface area contributed by atoms with E-state index in [1.165, 1.54) is 6.07 Å². The summed E-state index contributed by atoms with van der Waals surface area (Å²) in [5.41, 5.74) is -0.812. The van der Waals surface area contributed by atoms with E-state index in [-0.39, 0.29) is 18.1 Å². The van der Waals surface area contributed by atoms with Crippen molar-refractivity contribution in [2.75, 3.05) is 0 Å². The maximum Gasteiger partial charge on any atom is 0.573 e. The fraction of sp³-hybridized carbons (Fsp3) is 0.429. The molecule has 31 heavy (non-hydrogen) atoms. The van der Waals surface area contributed by atoms with Crippen LogP contribution < -0.4 is 9.47 Å². The Bertz CT molecular complexity index is 910. The van der Waals surface area contributed by atoms with Crippen LogP contribution in [-0.2, 0) is 6.11 Å². The summed E-state index contributed by atoms with van der Waals surface area (Å²) in [5, 5.41) is 0. The van der Waals surface area contributed by atoms with Crippen LogP contribution in [0.15, 0.2) is 30.3 Å². The third-order valence-electron chi connectivity index (χ3n) is 5.23. The lowest BCUT2D eigenvalue weighted by atomic mass is 9.79. The molecule has 0 aliphatic heterocycles. The summed E-state index contributed by atoms with van der Waals surface area (Å²) in [6, 6.07) is 3.37. The van der Waals surface area contributed by atoms with Crippen LogP contribution in [0, 0.1) is 23.4 Å². The molecule has 1 saturated carbocycles. The van der Waals surface area contributed by atoms with Crippen LogP contribution in [0.5, 0.6) is 11.5 Å². The summed E-state index contributed by atoms with van der Waals surface area (Å²) < 4.78 is 115. The molecule has 0 N–H and O–H groups in total. The number of benzene rings is 2. The molecule has 0 atom stereocenters. The summed E-state index contributed by atoms with van der Waals surface area (Å²) >= 11 is 0. The SMILES string of the molecule is CC1CCC(c2ccc(OC(F)(F)c3cc(F)c(OC(F)(F)F)c(F)c3)c(F)c2)CC1. The van der Waals surface area contributed by atoms with E-state index in [4.69, 9.17) is 0 Å². The van der Waals surface area contributed by atoms with Gasteiger partial charge in [-0.2, -0.15) is 8.78 Å². The largest absolute Gasteiger partial charge is 0.573 e. The molecule has 2 nitrogen and oxygen atoms in total. The quantitative estimate of drug-likeness (QED) is 0.438. The predicted molar refractivity (Wildman–Crippen MR) is 94.3 cm³/mol. The van der Waals surface area contributed by atoms with E-state index >= 15 is 0 Å². The van der Waals surface area contributed by atoms with Gasteiger partial charge in [-0.15, -0.1) is 13.2 Å². The second-order valence-electron chi connectivity index (χ2n) is 7.58. The fourth-order valence-electron chi connectivity index (χ4n) is 3.59. The Morgan fingerprint density at radius 2 is 1.35 bits per heavy atom. The molecule has 0 aromatic heterocycles. The van der Waals surface area contributed by atoms with Gasteiger partial charge in [-0.25, -0.2) is 13.2 Å². The van der Waals surface area contributed by atoms with Gasteiger partial charge in [-0.3, -0.25) is 0 Å². The van der Waals surface area contributed by atoms with Gasteiger partial charge in [0, 0.05) is 0 Å². The molecule has 1 aliphatic carbocycles. The Balaban J connectivity index is 1.80. The van der Waals surface area contributed by atoms with E-state index in [1.54, 1.807) is 0 Å². The van der Waals surface area contributed by atoms with E-state index in [0.29, 0.717) is 11.5 Å². The van der Waals surface area contributed by atoms with Gasteiger partial charge in [-0.05, 0) is 54.5 Å². The van der Waals surface area contributed by atoms with Gasteiger partial charge in [0.05, 0.1) is 5.56 Å². The number of ether oxygens (including phenoxy) is 2. The Morgan fingerprint density at radius 3 is 1.87 bits per heavy atom. The Hall–Kier alpha value is -2.52. The first-order valence-corrected chi connectivity index (χ1v) is 9.47. The molecule has 170 valence electrons. The molecule has 0 radical (unpaired) electrons. The summed E-state index contributed by atoms with van der Waals surface area (Å²) in [4.78, 5) is 0. The monoisotopic (exact) mass is 454 g/mol. The van der Waals surface area contributed by atoms with E-state index in [9.17, 15) is 35.1 Å². The number of hydrogen-bond acceptors (Lipinski definition) is 2. The smallest absolute Gasteiger partial charge is 0.426 e. The molecule has 1 fully saturated rings. The van der Waals surface area contributed by atoms with Crippen molar-refractivity contribution in [3.8, 4) is 11.5 Å². The molecule has 1 aliphatic rings. The van der Waals surface area contributed by atoms with E-state index in [0.717, 1.165) is 37.8 Å². The van der Waals surface area contributed by atoms with Gasteiger partial charge in [0.25, 0.3) is 0 Å². The Kier molecular flexibility index (Phi) is 6.38. The highest BCUT2D eigenvalue weighted by Gasteiger charge is 2.39.